The Bertz CT molecular complexity index is 267. The van der Waals surface area contributed by atoms with Crippen molar-refractivity contribution in [3.63, 3.8) is 0 Å². The number of hydrogen-bond donors (Lipinski definition) is 1. The van der Waals surface area contributed by atoms with Crippen molar-refractivity contribution in [1.29, 1.82) is 0 Å². The van der Waals surface area contributed by atoms with Gasteiger partial charge in [0, 0.05) is 26.1 Å². The number of amides is 1. The summed E-state index contributed by atoms with van der Waals surface area (Å²) in [5.41, 5.74) is 0. The highest BCUT2D eigenvalue weighted by atomic mass is 16.5. The van der Waals surface area contributed by atoms with Crippen molar-refractivity contribution >= 4 is 5.91 Å². The molecule has 2 heterocycles. The third-order valence-electron chi connectivity index (χ3n) is 3.71. The molecular formula is C13H24N2O3. The highest BCUT2D eigenvalue weighted by Crippen LogP contribution is 2.11. The zero-order valence-electron chi connectivity index (χ0n) is 11.0. The lowest BCUT2D eigenvalue weighted by molar-refractivity contribution is -0.135. The maximum atomic E-state index is 11.9. The molecule has 2 fully saturated rings. The van der Waals surface area contributed by atoms with E-state index in [1.807, 2.05) is 4.90 Å². The lowest BCUT2D eigenvalue weighted by Crippen LogP contribution is -2.41. The molecule has 0 aromatic rings. The number of hydrogen-bond acceptors (Lipinski definition) is 4. The molecule has 0 radical (unpaired) electrons. The van der Waals surface area contributed by atoms with Gasteiger partial charge in [-0.3, -0.25) is 4.79 Å². The summed E-state index contributed by atoms with van der Waals surface area (Å²) in [7, 11) is 0. The molecule has 0 aromatic heterocycles. The number of likely N-dealkylation sites (tertiary alicyclic amines) is 1. The highest BCUT2D eigenvalue weighted by molar-refractivity contribution is 5.76. The third kappa shape index (κ3) is 4.23. The Balaban J connectivity index is 1.60. The van der Waals surface area contributed by atoms with Gasteiger partial charge >= 0.3 is 0 Å². The van der Waals surface area contributed by atoms with Crippen molar-refractivity contribution in [2.24, 2.45) is 0 Å². The van der Waals surface area contributed by atoms with E-state index in [1.165, 1.54) is 0 Å². The van der Waals surface area contributed by atoms with E-state index in [4.69, 9.17) is 4.74 Å². The molecule has 1 atom stereocenters. The van der Waals surface area contributed by atoms with Crippen LogP contribution in [0.1, 0.15) is 25.7 Å². The van der Waals surface area contributed by atoms with Gasteiger partial charge in [0.05, 0.1) is 19.3 Å². The van der Waals surface area contributed by atoms with Crippen LogP contribution in [0.4, 0.5) is 0 Å². The second-order valence-electron chi connectivity index (χ2n) is 5.19. The van der Waals surface area contributed by atoms with Gasteiger partial charge < -0.3 is 19.6 Å². The molecular weight excluding hydrogens is 232 g/mol. The van der Waals surface area contributed by atoms with Gasteiger partial charge in [-0.25, -0.2) is 0 Å². The first-order valence-corrected chi connectivity index (χ1v) is 7.01. The Morgan fingerprint density at radius 3 is 2.78 bits per heavy atom. The van der Waals surface area contributed by atoms with Crippen LogP contribution in [0.15, 0.2) is 0 Å². The largest absolute Gasteiger partial charge is 0.392 e. The van der Waals surface area contributed by atoms with Crippen LogP contribution in [0.2, 0.25) is 0 Å². The fourth-order valence-corrected chi connectivity index (χ4v) is 2.66. The Kier molecular flexibility index (Phi) is 5.41. The first-order chi connectivity index (χ1) is 8.75. The van der Waals surface area contributed by atoms with E-state index >= 15 is 0 Å². The molecule has 2 rings (SSSR count). The predicted octanol–water partition coefficient (Wildman–Crippen LogP) is 0.0821. The molecule has 0 aliphatic carbocycles. The van der Waals surface area contributed by atoms with Crippen LogP contribution in [-0.4, -0.2) is 72.9 Å². The summed E-state index contributed by atoms with van der Waals surface area (Å²) < 4.78 is 5.23. The van der Waals surface area contributed by atoms with Gasteiger partial charge in [-0.15, -0.1) is 0 Å². The molecule has 104 valence electrons. The summed E-state index contributed by atoms with van der Waals surface area (Å²) in [4.78, 5) is 16.1. The fraction of sp³-hybridized carbons (Fsp3) is 0.923. The van der Waals surface area contributed by atoms with Gasteiger partial charge in [0.2, 0.25) is 5.91 Å². The molecule has 5 heteroatoms. The minimum absolute atomic E-state index is 0.173. The number of aliphatic hydroxyl groups is 1. The Morgan fingerprint density at radius 1 is 1.28 bits per heavy atom. The Hall–Kier alpha value is -0.650. The van der Waals surface area contributed by atoms with E-state index in [1.54, 1.807) is 0 Å². The molecule has 0 saturated carbocycles. The molecule has 0 aromatic carbocycles. The summed E-state index contributed by atoms with van der Waals surface area (Å²) in [5, 5.41) is 9.56. The van der Waals surface area contributed by atoms with Crippen molar-refractivity contribution < 1.29 is 14.6 Å². The number of aliphatic hydroxyl groups excluding tert-OH is 1. The number of ether oxygens (including phenoxy) is 1. The molecule has 18 heavy (non-hydrogen) atoms. The number of morpholine rings is 1. The van der Waals surface area contributed by atoms with Crippen LogP contribution in [0.3, 0.4) is 0 Å². The minimum Gasteiger partial charge on any atom is -0.392 e. The third-order valence-corrected chi connectivity index (χ3v) is 3.71. The first kappa shape index (κ1) is 13.8. The smallest absolute Gasteiger partial charge is 0.222 e. The number of carbonyl (C=O) groups is 1. The number of nitrogens with zero attached hydrogens (tertiary/aromatic N) is 2. The maximum absolute atomic E-state index is 11.9. The van der Waals surface area contributed by atoms with Crippen molar-refractivity contribution in [1.82, 2.24) is 9.80 Å². The van der Waals surface area contributed by atoms with Crippen molar-refractivity contribution in [3.05, 3.63) is 0 Å². The van der Waals surface area contributed by atoms with Gasteiger partial charge in [-0.2, -0.15) is 0 Å². The Labute approximate surface area is 109 Å². The minimum atomic E-state index is -0.173. The number of carbonyl (C=O) groups excluding carboxylic acids is 1. The standard InChI is InChI=1S/C13H24N2O3/c16-12-3-1-5-14(11-12)6-2-4-13(17)15-7-9-18-10-8-15/h12,16H,1-11H2. The van der Waals surface area contributed by atoms with Crippen LogP contribution in [0.5, 0.6) is 0 Å². The monoisotopic (exact) mass is 256 g/mol. The van der Waals surface area contributed by atoms with Crippen LogP contribution in [0.25, 0.3) is 0 Å². The summed E-state index contributed by atoms with van der Waals surface area (Å²) in [6.45, 7) is 5.57. The predicted molar refractivity (Wildman–Crippen MR) is 68.3 cm³/mol. The molecule has 2 aliphatic rings. The van der Waals surface area contributed by atoms with Crippen LogP contribution in [-0.2, 0) is 9.53 Å². The van der Waals surface area contributed by atoms with Crippen LogP contribution < -0.4 is 0 Å². The average Bonchev–Trinajstić information content (AvgIpc) is 2.40. The SMILES string of the molecule is O=C(CCCN1CCCC(O)C1)N1CCOCC1. The first-order valence-electron chi connectivity index (χ1n) is 7.01. The zero-order chi connectivity index (χ0) is 12.8. The van der Waals surface area contributed by atoms with Crippen molar-refractivity contribution in [3.8, 4) is 0 Å². The second-order valence-corrected chi connectivity index (χ2v) is 5.19. The second kappa shape index (κ2) is 7.07. The van der Waals surface area contributed by atoms with Gasteiger partial charge in [0.1, 0.15) is 0 Å². The fourth-order valence-electron chi connectivity index (χ4n) is 2.66. The van der Waals surface area contributed by atoms with Gasteiger partial charge in [-0.1, -0.05) is 0 Å². The molecule has 1 N–H and O–H groups in total. The van der Waals surface area contributed by atoms with Crippen molar-refractivity contribution in [2.75, 3.05) is 45.9 Å². The van der Waals surface area contributed by atoms with Crippen LogP contribution >= 0.6 is 0 Å². The van der Waals surface area contributed by atoms with Crippen molar-refractivity contribution in [2.45, 2.75) is 31.8 Å². The van der Waals surface area contributed by atoms with E-state index in [0.29, 0.717) is 19.6 Å². The quantitative estimate of drug-likeness (QED) is 0.774. The summed E-state index contributed by atoms with van der Waals surface area (Å²) >= 11 is 0. The maximum Gasteiger partial charge on any atom is 0.222 e. The molecule has 0 spiro atoms. The molecule has 2 aliphatic heterocycles. The lowest BCUT2D eigenvalue weighted by atomic mass is 10.1. The van der Waals surface area contributed by atoms with E-state index < -0.39 is 0 Å². The zero-order valence-corrected chi connectivity index (χ0v) is 11.0. The van der Waals surface area contributed by atoms with Gasteiger partial charge in [-0.05, 0) is 32.4 Å². The lowest BCUT2D eigenvalue weighted by Gasteiger charge is -2.30. The van der Waals surface area contributed by atoms with Gasteiger partial charge in [0.25, 0.3) is 0 Å². The van der Waals surface area contributed by atoms with Crippen LogP contribution in [0, 0.1) is 0 Å². The average molecular weight is 256 g/mol. The van der Waals surface area contributed by atoms with E-state index in [2.05, 4.69) is 4.90 Å². The molecule has 0 bridgehead atoms. The summed E-state index contributed by atoms with van der Waals surface area (Å²) in [6.07, 6.45) is 3.32. The topological polar surface area (TPSA) is 53.0 Å². The molecule has 2 saturated heterocycles. The number of piperidine rings is 1. The molecule has 1 amide bonds. The van der Waals surface area contributed by atoms with E-state index in [9.17, 15) is 9.90 Å². The molecule has 1 unspecified atom stereocenters. The summed E-state index contributed by atoms with van der Waals surface area (Å²) in [5.74, 6) is 0.246. The van der Waals surface area contributed by atoms with E-state index in [0.717, 1.165) is 52.0 Å². The molecule has 5 nitrogen and oxygen atoms in total. The highest BCUT2D eigenvalue weighted by Gasteiger charge is 2.19. The van der Waals surface area contributed by atoms with E-state index in [-0.39, 0.29) is 12.0 Å². The Morgan fingerprint density at radius 2 is 2.06 bits per heavy atom. The number of rotatable bonds is 4. The summed E-state index contributed by atoms with van der Waals surface area (Å²) in [6, 6.07) is 0. The number of β-amino-alcohol motifs (C(OH)–C–C–N with tert-alkyl or cyclic N) is 1. The van der Waals surface area contributed by atoms with Gasteiger partial charge in [0.15, 0.2) is 0 Å². The normalized spacial score (nSPS) is 26.3.